The molecule has 1 aromatic carbocycles. The molecule has 0 unspecified atom stereocenters. The Balaban J connectivity index is 0.00000578. The molecule has 1 heterocycles. The minimum atomic E-state index is -1.16. The number of aliphatic hydroxyl groups excluding tert-OH is 2. The molecule has 8 heteroatoms. The van der Waals surface area contributed by atoms with Gasteiger partial charge in [-0.2, -0.15) is 0 Å². The van der Waals surface area contributed by atoms with E-state index >= 15 is 0 Å². The van der Waals surface area contributed by atoms with E-state index in [1.54, 1.807) is 25.3 Å². The summed E-state index contributed by atoms with van der Waals surface area (Å²) in [7, 11) is 1.61. The maximum absolute atomic E-state index is 13.7. The molecule has 3 N–H and O–H groups in total. The number of carboxylic acids is 1. The third-order valence-corrected chi connectivity index (χ3v) is 5.32. The summed E-state index contributed by atoms with van der Waals surface area (Å²) < 4.78 is 19.2. The second-order valence-corrected chi connectivity index (χ2v) is 8.81. The van der Waals surface area contributed by atoms with Gasteiger partial charge in [-0.05, 0) is 35.1 Å². The van der Waals surface area contributed by atoms with Gasteiger partial charge in [0.05, 0.1) is 30.9 Å². The van der Waals surface area contributed by atoms with Gasteiger partial charge in [-0.1, -0.05) is 52.0 Å². The van der Waals surface area contributed by atoms with Gasteiger partial charge in [0.15, 0.2) is 0 Å². The molecule has 0 saturated carbocycles. The Morgan fingerprint density at radius 2 is 1.68 bits per heavy atom. The average Bonchev–Trinajstić information content (AvgIpc) is 2.72. The van der Waals surface area contributed by atoms with Gasteiger partial charge < -0.3 is 20.1 Å². The van der Waals surface area contributed by atoms with Crippen molar-refractivity contribution >= 4 is 49.8 Å². The predicted octanol–water partition coefficient (Wildman–Crippen LogP) is 3.96. The molecule has 1 aromatic heterocycles. The maximum atomic E-state index is 13.7. The van der Waals surface area contributed by atoms with E-state index in [0.29, 0.717) is 6.61 Å². The number of hydrogen-bond acceptors (Lipinski definition) is 5. The van der Waals surface area contributed by atoms with Crippen LogP contribution in [0.1, 0.15) is 74.9 Å². The number of aromatic nitrogens is 1. The summed E-state index contributed by atoms with van der Waals surface area (Å²) in [6.07, 6.45) is 0.541. The van der Waals surface area contributed by atoms with E-state index in [1.807, 2.05) is 13.8 Å². The van der Waals surface area contributed by atoms with Crippen molar-refractivity contribution in [2.24, 2.45) is 0 Å². The fraction of sp³-hybridized carbons (Fsp3) is 0.462. The van der Waals surface area contributed by atoms with Gasteiger partial charge in [0, 0.05) is 30.4 Å². The molecule has 184 valence electrons. The zero-order valence-electron chi connectivity index (χ0n) is 19.9. The van der Waals surface area contributed by atoms with Crippen LogP contribution in [0.25, 0.3) is 17.2 Å². The fourth-order valence-corrected chi connectivity index (χ4v) is 3.85. The van der Waals surface area contributed by atoms with E-state index in [4.69, 9.17) is 14.8 Å². The monoisotopic (exact) mass is 501 g/mol. The number of aliphatic carboxylic acids is 1. The number of carboxylic acid groups (broad SMARTS) is 1. The molecular formula is C26H36CaFNO5. The van der Waals surface area contributed by atoms with Crippen molar-refractivity contribution in [1.29, 1.82) is 0 Å². The van der Waals surface area contributed by atoms with Gasteiger partial charge >= 0.3 is 43.7 Å². The molecule has 0 amide bonds. The second-order valence-electron chi connectivity index (χ2n) is 8.81. The van der Waals surface area contributed by atoms with Crippen molar-refractivity contribution in [3.63, 3.8) is 0 Å². The Kier molecular flexibility index (Phi) is 12.9. The van der Waals surface area contributed by atoms with Crippen LogP contribution in [-0.2, 0) is 16.1 Å². The molecule has 0 bridgehead atoms. The van der Waals surface area contributed by atoms with Crippen LogP contribution in [-0.4, -0.2) is 83.3 Å². The number of ether oxygens (including phenoxy) is 1. The normalized spacial score (nSPS) is 13.4. The molecule has 2 aromatic rings. The van der Waals surface area contributed by atoms with Crippen molar-refractivity contribution in [2.75, 3.05) is 7.11 Å². The Hall–Kier alpha value is -1.35. The first kappa shape index (κ1) is 30.7. The summed E-state index contributed by atoms with van der Waals surface area (Å²) >= 11 is 0. The molecule has 34 heavy (non-hydrogen) atoms. The number of nitrogens with zero attached hydrogens (tertiary/aromatic N) is 1. The van der Waals surface area contributed by atoms with Gasteiger partial charge in [-0.3, -0.25) is 9.78 Å². The molecule has 0 saturated heterocycles. The molecular weight excluding hydrogens is 465 g/mol. The molecule has 0 fully saturated rings. The minimum absolute atomic E-state index is 0. The van der Waals surface area contributed by atoms with Gasteiger partial charge in [-0.25, -0.2) is 4.39 Å². The third kappa shape index (κ3) is 8.40. The van der Waals surface area contributed by atoms with Crippen LogP contribution in [0.3, 0.4) is 0 Å². The third-order valence-electron chi connectivity index (χ3n) is 5.32. The quantitative estimate of drug-likeness (QED) is 0.403. The fourth-order valence-electron chi connectivity index (χ4n) is 3.85. The van der Waals surface area contributed by atoms with E-state index in [0.717, 1.165) is 33.6 Å². The van der Waals surface area contributed by atoms with Crippen LogP contribution >= 0.6 is 0 Å². The van der Waals surface area contributed by atoms with E-state index in [1.165, 1.54) is 18.2 Å². The Morgan fingerprint density at radius 1 is 1.09 bits per heavy atom. The number of benzene rings is 1. The standard InChI is InChI=1S/C26H34FNO5.Ca.2H/c1-15(2)25-21(11-10-19(29)12-20(30)13-23(31)32)24(17-6-8-18(27)9-7-17)22(14-33-5)26(28-25)16(3)4;;;/h6-11,15-16,19-20,29-30H,12-14H2,1-5H3,(H,31,32);;;/b11-10+;;;/t19-,20-;;;/m1.../s1. The summed E-state index contributed by atoms with van der Waals surface area (Å²) in [6, 6.07) is 6.23. The van der Waals surface area contributed by atoms with E-state index in [2.05, 4.69) is 13.8 Å². The Bertz CT molecular complexity index is 976. The Labute approximate surface area is 230 Å². The number of methoxy groups -OCH3 is 1. The number of halogens is 1. The van der Waals surface area contributed by atoms with Gasteiger partial charge in [0.25, 0.3) is 0 Å². The SMILES string of the molecule is COCc1c(C(C)C)nc(C(C)C)c(/C=C/[C@@H](O)C[C@@H](O)CC(=O)O)c1-c1ccc(F)cc1.[CaH2]. The van der Waals surface area contributed by atoms with Crippen LogP contribution < -0.4 is 0 Å². The predicted molar refractivity (Wildman–Crippen MR) is 135 cm³/mol. The van der Waals surface area contributed by atoms with Crippen LogP contribution in [0.5, 0.6) is 0 Å². The topological polar surface area (TPSA) is 99.9 Å². The molecule has 2 rings (SSSR count). The van der Waals surface area contributed by atoms with E-state index in [-0.39, 0.29) is 61.8 Å². The van der Waals surface area contributed by atoms with Crippen LogP contribution in [0, 0.1) is 5.82 Å². The molecule has 6 nitrogen and oxygen atoms in total. The number of pyridine rings is 1. The van der Waals surface area contributed by atoms with Crippen molar-refractivity contribution in [3.8, 4) is 11.1 Å². The van der Waals surface area contributed by atoms with Crippen LogP contribution in [0.4, 0.5) is 4.39 Å². The molecule has 0 aliphatic carbocycles. The molecule has 2 atom stereocenters. The first-order valence-corrected chi connectivity index (χ1v) is 11.1. The van der Waals surface area contributed by atoms with Crippen molar-refractivity contribution in [1.82, 2.24) is 4.98 Å². The number of rotatable bonds is 11. The van der Waals surface area contributed by atoms with Crippen molar-refractivity contribution in [2.45, 2.75) is 71.2 Å². The van der Waals surface area contributed by atoms with E-state index in [9.17, 15) is 19.4 Å². The van der Waals surface area contributed by atoms with Gasteiger partial charge in [0.2, 0.25) is 0 Å². The Morgan fingerprint density at radius 3 is 2.18 bits per heavy atom. The average molecular weight is 502 g/mol. The number of carbonyl (C=O) groups is 1. The van der Waals surface area contributed by atoms with Crippen LogP contribution in [0.2, 0.25) is 0 Å². The second kappa shape index (κ2) is 14.3. The zero-order chi connectivity index (χ0) is 24.7. The van der Waals surface area contributed by atoms with Gasteiger partial charge in [-0.15, -0.1) is 0 Å². The molecule has 0 aliphatic rings. The molecule has 0 radical (unpaired) electrons. The first-order chi connectivity index (χ1) is 15.5. The summed E-state index contributed by atoms with van der Waals surface area (Å²) in [4.78, 5) is 15.8. The summed E-state index contributed by atoms with van der Waals surface area (Å²) in [6.45, 7) is 8.49. The van der Waals surface area contributed by atoms with Crippen molar-refractivity contribution < 1.29 is 29.2 Å². The molecule has 0 aliphatic heterocycles. The first-order valence-electron chi connectivity index (χ1n) is 11.1. The molecule has 0 spiro atoms. The van der Waals surface area contributed by atoms with Crippen LogP contribution in [0.15, 0.2) is 30.3 Å². The van der Waals surface area contributed by atoms with Gasteiger partial charge in [0.1, 0.15) is 5.82 Å². The summed E-state index contributed by atoms with van der Waals surface area (Å²) in [5, 5.41) is 29.1. The summed E-state index contributed by atoms with van der Waals surface area (Å²) in [5.74, 6) is -1.28. The van der Waals surface area contributed by atoms with E-state index < -0.39 is 24.6 Å². The van der Waals surface area contributed by atoms with Crippen molar-refractivity contribution in [3.05, 3.63) is 58.7 Å². The number of hydrogen-bond donors (Lipinski definition) is 3. The zero-order valence-corrected chi connectivity index (χ0v) is 19.9. The summed E-state index contributed by atoms with van der Waals surface area (Å²) in [5.41, 5.74) is 5.05. The number of aliphatic hydroxyl groups is 2.